The molecule has 0 saturated carbocycles. The lowest BCUT2D eigenvalue weighted by atomic mass is 10.1. The maximum atomic E-state index is 12.6. The predicted octanol–water partition coefficient (Wildman–Crippen LogP) is 2.42. The van der Waals surface area contributed by atoms with Crippen molar-refractivity contribution in [1.29, 1.82) is 0 Å². The lowest BCUT2D eigenvalue weighted by Crippen LogP contribution is -2.36. The summed E-state index contributed by atoms with van der Waals surface area (Å²) >= 11 is 6.40. The van der Waals surface area contributed by atoms with Crippen LogP contribution < -0.4 is 25.8 Å². The molecule has 3 aromatic rings. The van der Waals surface area contributed by atoms with E-state index in [0.717, 1.165) is 35.5 Å². The number of aliphatic hydroxyl groups excluding tert-OH is 1. The fourth-order valence-corrected chi connectivity index (χ4v) is 3.95. The van der Waals surface area contributed by atoms with Crippen LogP contribution in [0.15, 0.2) is 41.3 Å². The molecule has 3 heterocycles. The highest BCUT2D eigenvalue weighted by atomic mass is 35.5. The SMILES string of the molecule is CNC(=O)COc1cc2cc(Nc3cc(N4CCC(O)CC4)ncc3Cl)ccc2n(C)c1=O. The minimum Gasteiger partial charge on any atom is -0.478 e. The van der Waals surface area contributed by atoms with Crippen molar-refractivity contribution in [1.82, 2.24) is 14.9 Å². The molecule has 1 amide bonds. The number of aromatic nitrogens is 2. The highest BCUT2D eigenvalue weighted by molar-refractivity contribution is 6.33. The van der Waals surface area contributed by atoms with Crippen LogP contribution in [0.3, 0.4) is 0 Å². The molecule has 33 heavy (non-hydrogen) atoms. The number of ether oxygens (including phenoxy) is 1. The van der Waals surface area contributed by atoms with Gasteiger partial charge in [-0.1, -0.05) is 11.6 Å². The van der Waals surface area contributed by atoms with Crippen LogP contribution >= 0.6 is 11.6 Å². The minimum atomic E-state index is -0.320. The first-order valence-corrected chi connectivity index (χ1v) is 11.1. The van der Waals surface area contributed by atoms with Gasteiger partial charge >= 0.3 is 0 Å². The Morgan fingerprint density at radius 1 is 1.27 bits per heavy atom. The van der Waals surface area contributed by atoms with Crippen LogP contribution in [0, 0.1) is 0 Å². The quantitative estimate of drug-likeness (QED) is 0.506. The first kappa shape index (κ1) is 22.9. The Hall–Kier alpha value is -3.30. The summed E-state index contributed by atoms with van der Waals surface area (Å²) in [5.41, 5.74) is 1.88. The molecule has 0 bridgehead atoms. The summed E-state index contributed by atoms with van der Waals surface area (Å²) in [4.78, 5) is 30.6. The second-order valence-corrected chi connectivity index (χ2v) is 8.38. The van der Waals surface area contributed by atoms with E-state index >= 15 is 0 Å². The Labute approximate surface area is 195 Å². The smallest absolute Gasteiger partial charge is 0.293 e. The predicted molar refractivity (Wildman–Crippen MR) is 129 cm³/mol. The van der Waals surface area contributed by atoms with E-state index < -0.39 is 0 Å². The lowest BCUT2D eigenvalue weighted by molar-refractivity contribution is -0.122. The van der Waals surface area contributed by atoms with Crippen molar-refractivity contribution in [3.8, 4) is 5.75 Å². The van der Waals surface area contributed by atoms with Gasteiger partial charge in [-0.25, -0.2) is 4.98 Å². The zero-order chi connectivity index (χ0) is 23.5. The van der Waals surface area contributed by atoms with Crippen LogP contribution in [0.2, 0.25) is 5.02 Å². The largest absolute Gasteiger partial charge is 0.478 e. The Morgan fingerprint density at radius 3 is 2.76 bits per heavy atom. The van der Waals surface area contributed by atoms with Gasteiger partial charge in [0.05, 0.1) is 28.5 Å². The van der Waals surface area contributed by atoms with Crippen molar-refractivity contribution >= 4 is 45.6 Å². The van der Waals surface area contributed by atoms with Crippen molar-refractivity contribution in [2.24, 2.45) is 7.05 Å². The molecule has 9 nitrogen and oxygen atoms in total. The van der Waals surface area contributed by atoms with Gasteiger partial charge in [-0.05, 0) is 37.1 Å². The van der Waals surface area contributed by atoms with Gasteiger partial charge in [0.15, 0.2) is 12.4 Å². The molecule has 1 aromatic carbocycles. The van der Waals surface area contributed by atoms with Crippen LogP contribution in [0.5, 0.6) is 5.75 Å². The monoisotopic (exact) mass is 471 g/mol. The molecule has 4 rings (SSSR count). The number of nitrogens with zero attached hydrogens (tertiary/aromatic N) is 3. The molecular weight excluding hydrogens is 446 g/mol. The third-order valence-corrected chi connectivity index (χ3v) is 6.04. The van der Waals surface area contributed by atoms with E-state index in [4.69, 9.17) is 16.3 Å². The van der Waals surface area contributed by atoms with Crippen molar-refractivity contribution in [2.75, 3.05) is 37.0 Å². The molecule has 2 aromatic heterocycles. The number of hydrogen-bond acceptors (Lipinski definition) is 7. The number of likely N-dealkylation sites (N-methyl/N-ethyl adjacent to an activating group) is 1. The van der Waals surface area contributed by atoms with Crippen LogP contribution in [0.25, 0.3) is 10.9 Å². The summed E-state index contributed by atoms with van der Waals surface area (Å²) in [6.07, 6.45) is 2.77. The number of pyridine rings is 2. The zero-order valence-electron chi connectivity index (χ0n) is 18.5. The molecule has 0 spiro atoms. The van der Waals surface area contributed by atoms with E-state index in [1.807, 2.05) is 24.3 Å². The van der Waals surface area contributed by atoms with Gasteiger partial charge in [0, 0.05) is 44.3 Å². The summed E-state index contributed by atoms with van der Waals surface area (Å²) in [5, 5.41) is 16.8. The number of fused-ring (bicyclic) bond motifs is 1. The van der Waals surface area contributed by atoms with E-state index in [-0.39, 0.29) is 29.9 Å². The number of piperidine rings is 1. The third kappa shape index (κ3) is 5.04. The van der Waals surface area contributed by atoms with Crippen molar-refractivity contribution in [3.63, 3.8) is 0 Å². The summed E-state index contributed by atoms with van der Waals surface area (Å²) in [6, 6.07) is 9.10. The summed E-state index contributed by atoms with van der Waals surface area (Å²) in [5.74, 6) is 0.572. The van der Waals surface area contributed by atoms with Crippen molar-refractivity contribution < 1.29 is 14.6 Å². The Balaban J connectivity index is 1.61. The number of aryl methyl sites for hydroxylation is 1. The van der Waals surface area contributed by atoms with Crippen LogP contribution in [0.1, 0.15) is 12.8 Å². The highest BCUT2D eigenvalue weighted by Crippen LogP contribution is 2.31. The van der Waals surface area contributed by atoms with Gasteiger partial charge in [-0.2, -0.15) is 0 Å². The number of hydrogen-bond donors (Lipinski definition) is 3. The van der Waals surface area contributed by atoms with E-state index in [1.165, 1.54) is 11.6 Å². The van der Waals surface area contributed by atoms with Gasteiger partial charge in [0.25, 0.3) is 11.5 Å². The van der Waals surface area contributed by atoms with E-state index in [1.54, 1.807) is 19.3 Å². The van der Waals surface area contributed by atoms with E-state index in [9.17, 15) is 14.7 Å². The second kappa shape index (κ2) is 9.68. The molecule has 1 fully saturated rings. The van der Waals surface area contributed by atoms with Crippen LogP contribution in [-0.4, -0.2) is 53.4 Å². The Kier molecular flexibility index (Phi) is 6.71. The molecule has 10 heteroatoms. The molecule has 1 aliphatic rings. The van der Waals surface area contributed by atoms with Crippen LogP contribution in [-0.2, 0) is 11.8 Å². The molecule has 0 atom stereocenters. The molecule has 0 aliphatic carbocycles. The van der Waals surface area contributed by atoms with Gasteiger partial charge in [0.1, 0.15) is 5.82 Å². The van der Waals surface area contributed by atoms with Gasteiger partial charge < -0.3 is 29.9 Å². The number of rotatable bonds is 6. The summed E-state index contributed by atoms with van der Waals surface area (Å²) < 4.78 is 6.91. The molecule has 0 radical (unpaired) electrons. The summed E-state index contributed by atoms with van der Waals surface area (Å²) in [6.45, 7) is 1.23. The maximum absolute atomic E-state index is 12.6. The number of halogens is 1. The average molecular weight is 472 g/mol. The first-order chi connectivity index (χ1) is 15.9. The molecule has 174 valence electrons. The molecule has 0 unspecified atom stereocenters. The first-order valence-electron chi connectivity index (χ1n) is 10.7. The molecule has 1 saturated heterocycles. The number of carbonyl (C=O) groups is 1. The number of carbonyl (C=O) groups excluding carboxylic acids is 1. The topological polar surface area (TPSA) is 109 Å². The van der Waals surface area contributed by atoms with E-state index in [0.29, 0.717) is 23.6 Å². The Morgan fingerprint density at radius 2 is 2.03 bits per heavy atom. The van der Waals surface area contributed by atoms with Gasteiger partial charge in [-0.15, -0.1) is 0 Å². The second-order valence-electron chi connectivity index (χ2n) is 7.97. The lowest BCUT2D eigenvalue weighted by Gasteiger charge is -2.30. The number of amides is 1. The zero-order valence-corrected chi connectivity index (χ0v) is 19.2. The normalized spacial score (nSPS) is 14.4. The van der Waals surface area contributed by atoms with Crippen molar-refractivity contribution in [2.45, 2.75) is 18.9 Å². The average Bonchev–Trinajstić information content (AvgIpc) is 2.82. The Bertz CT molecular complexity index is 1240. The number of anilines is 3. The standard InChI is InChI=1S/C23H26ClN5O4/c1-25-22(31)13-33-20-10-14-9-15(3-4-19(14)28(2)23(20)32)27-18-11-21(26-12-17(18)24)29-7-5-16(30)6-8-29/h3-4,9-12,16,30H,5-8,13H2,1-2H3,(H,25,31)(H,26,27). The van der Waals surface area contributed by atoms with E-state index in [2.05, 4.69) is 20.5 Å². The van der Waals surface area contributed by atoms with Crippen LogP contribution in [0.4, 0.5) is 17.2 Å². The summed E-state index contributed by atoms with van der Waals surface area (Å²) in [7, 11) is 3.17. The number of nitrogens with one attached hydrogen (secondary N) is 2. The third-order valence-electron chi connectivity index (χ3n) is 5.74. The fraction of sp³-hybridized carbons (Fsp3) is 0.348. The maximum Gasteiger partial charge on any atom is 0.293 e. The molecule has 1 aliphatic heterocycles. The molecule has 3 N–H and O–H groups in total. The highest BCUT2D eigenvalue weighted by Gasteiger charge is 2.19. The fourth-order valence-electron chi connectivity index (χ4n) is 3.80. The molecular formula is C23H26ClN5O4. The van der Waals surface area contributed by atoms with Gasteiger partial charge in [-0.3, -0.25) is 9.59 Å². The van der Waals surface area contributed by atoms with Crippen molar-refractivity contribution in [3.05, 3.63) is 51.9 Å². The number of aliphatic hydroxyl groups is 1. The number of benzene rings is 1. The minimum absolute atomic E-state index is 0.0993. The van der Waals surface area contributed by atoms with Gasteiger partial charge in [0.2, 0.25) is 0 Å².